The van der Waals surface area contributed by atoms with Crippen molar-refractivity contribution in [2.45, 2.75) is 45.6 Å². The van der Waals surface area contributed by atoms with Crippen LogP contribution in [0.4, 0.5) is 5.95 Å². The molecule has 134 valence electrons. The second-order valence-corrected chi connectivity index (χ2v) is 7.17. The molecule has 0 unspecified atom stereocenters. The summed E-state index contributed by atoms with van der Waals surface area (Å²) in [4.78, 5) is 25.9. The van der Waals surface area contributed by atoms with E-state index in [4.69, 9.17) is 4.99 Å². The van der Waals surface area contributed by atoms with Crippen molar-refractivity contribution in [3.8, 4) is 0 Å². The van der Waals surface area contributed by atoms with Crippen molar-refractivity contribution in [2.24, 2.45) is 10.9 Å². The van der Waals surface area contributed by atoms with Crippen molar-refractivity contribution in [1.82, 2.24) is 15.3 Å². The first-order valence-electron chi connectivity index (χ1n) is 9.11. The second kappa shape index (κ2) is 6.86. The molecular weight excluding hydrogens is 326 g/mol. The fourth-order valence-electron chi connectivity index (χ4n) is 3.36. The van der Waals surface area contributed by atoms with E-state index in [1.165, 1.54) is 11.1 Å². The first kappa shape index (κ1) is 16.7. The lowest BCUT2D eigenvalue weighted by atomic mass is 10.1. The van der Waals surface area contributed by atoms with Crippen LogP contribution in [0.25, 0.3) is 0 Å². The Bertz CT molecular complexity index is 827. The molecule has 0 aliphatic heterocycles. The number of hydrogen-bond acceptors (Lipinski definition) is 4. The van der Waals surface area contributed by atoms with Crippen LogP contribution in [0.2, 0.25) is 0 Å². The molecule has 1 aromatic carbocycles. The normalized spacial score (nSPS) is 17.1. The van der Waals surface area contributed by atoms with Gasteiger partial charge in [0.05, 0.1) is 6.04 Å². The van der Waals surface area contributed by atoms with E-state index in [1.54, 1.807) is 0 Å². The van der Waals surface area contributed by atoms with E-state index in [9.17, 15) is 4.79 Å². The van der Waals surface area contributed by atoms with Crippen LogP contribution in [0.1, 0.15) is 35.4 Å². The lowest BCUT2D eigenvalue weighted by Gasteiger charge is -2.13. The molecule has 26 heavy (non-hydrogen) atoms. The molecule has 0 radical (unpaired) electrons. The highest BCUT2D eigenvalue weighted by atomic mass is 16.2. The molecule has 0 bridgehead atoms. The third-order valence-corrected chi connectivity index (χ3v) is 4.74. The number of guanidine groups is 1. The fourth-order valence-corrected chi connectivity index (χ4v) is 3.36. The number of carbonyl (C=O) groups is 1. The summed E-state index contributed by atoms with van der Waals surface area (Å²) >= 11 is 0. The quantitative estimate of drug-likeness (QED) is 0.659. The van der Waals surface area contributed by atoms with E-state index in [1.807, 2.05) is 19.9 Å². The standard InChI is InChI=1S/C20H23N5O/c1-12-9-13(2)22-19(21-12)25-20(24-18(26)14-7-8-14)23-17-10-15-5-3-4-6-16(15)11-17/h3-6,9,14,17H,7-8,10-11H2,1-2H3,(H2,21,22,23,24,25,26). The number of carbonyl (C=O) groups excluding carboxylic acids is 1. The first-order valence-corrected chi connectivity index (χ1v) is 9.11. The molecular formula is C20H23N5O. The van der Waals surface area contributed by atoms with E-state index >= 15 is 0 Å². The zero-order chi connectivity index (χ0) is 18.1. The molecule has 6 nitrogen and oxygen atoms in total. The molecule has 0 spiro atoms. The number of aliphatic imine (C=N–C) groups is 1. The Kier molecular flexibility index (Phi) is 4.41. The van der Waals surface area contributed by atoms with Crippen molar-refractivity contribution < 1.29 is 4.79 Å². The minimum atomic E-state index is 0.0242. The van der Waals surface area contributed by atoms with Crippen LogP contribution in [0.5, 0.6) is 0 Å². The van der Waals surface area contributed by atoms with Gasteiger partial charge in [0.25, 0.3) is 0 Å². The summed E-state index contributed by atoms with van der Waals surface area (Å²) < 4.78 is 0. The lowest BCUT2D eigenvalue weighted by molar-refractivity contribution is -0.120. The molecule has 2 aliphatic carbocycles. The first-order chi connectivity index (χ1) is 12.6. The number of aryl methyl sites for hydroxylation is 2. The van der Waals surface area contributed by atoms with Gasteiger partial charge in [-0.3, -0.25) is 15.4 Å². The summed E-state index contributed by atoms with van der Waals surface area (Å²) in [7, 11) is 0. The number of benzene rings is 1. The Labute approximate surface area is 153 Å². The van der Waals surface area contributed by atoms with Crippen LogP contribution in [0.3, 0.4) is 0 Å². The van der Waals surface area contributed by atoms with Gasteiger partial charge in [0.2, 0.25) is 17.8 Å². The van der Waals surface area contributed by atoms with Crippen LogP contribution in [-0.2, 0) is 17.6 Å². The minimum absolute atomic E-state index is 0.0242. The van der Waals surface area contributed by atoms with Crippen LogP contribution in [0, 0.1) is 19.8 Å². The molecule has 4 rings (SSSR count). The third kappa shape index (κ3) is 3.90. The van der Waals surface area contributed by atoms with Gasteiger partial charge in [-0.15, -0.1) is 0 Å². The molecule has 6 heteroatoms. The maximum Gasteiger partial charge on any atom is 0.229 e. The predicted molar refractivity (Wildman–Crippen MR) is 101 cm³/mol. The lowest BCUT2D eigenvalue weighted by Crippen LogP contribution is -2.38. The second-order valence-electron chi connectivity index (χ2n) is 7.17. The Balaban J connectivity index is 1.55. The average Bonchev–Trinajstić information content (AvgIpc) is 3.34. The largest absolute Gasteiger partial charge is 0.296 e. The van der Waals surface area contributed by atoms with Gasteiger partial charge in [-0.2, -0.15) is 0 Å². The number of aromatic nitrogens is 2. The highest BCUT2D eigenvalue weighted by Gasteiger charge is 2.31. The summed E-state index contributed by atoms with van der Waals surface area (Å²) in [5.41, 5.74) is 4.41. The monoisotopic (exact) mass is 349 g/mol. The zero-order valence-electron chi connectivity index (χ0n) is 15.1. The van der Waals surface area contributed by atoms with Gasteiger partial charge in [0.1, 0.15) is 0 Å². The van der Waals surface area contributed by atoms with Gasteiger partial charge in [0.15, 0.2) is 0 Å². The highest BCUT2D eigenvalue weighted by molar-refractivity contribution is 6.04. The molecule has 1 heterocycles. The molecule has 2 aliphatic rings. The highest BCUT2D eigenvalue weighted by Crippen LogP contribution is 2.29. The number of amides is 1. The average molecular weight is 349 g/mol. The predicted octanol–water partition coefficient (Wildman–Crippen LogP) is 2.55. The van der Waals surface area contributed by atoms with Crippen molar-refractivity contribution in [2.75, 3.05) is 5.32 Å². The Hall–Kier alpha value is -2.76. The summed E-state index contributed by atoms with van der Waals surface area (Å²) in [5, 5.41) is 6.06. The number of rotatable bonds is 3. The van der Waals surface area contributed by atoms with Crippen LogP contribution in [-0.4, -0.2) is 27.9 Å². The van der Waals surface area contributed by atoms with Crippen molar-refractivity contribution in [3.05, 3.63) is 52.8 Å². The number of fused-ring (bicyclic) bond motifs is 1. The number of hydrogen-bond donors (Lipinski definition) is 2. The molecule has 1 amide bonds. The smallest absolute Gasteiger partial charge is 0.229 e. The zero-order valence-corrected chi connectivity index (χ0v) is 15.1. The maximum absolute atomic E-state index is 12.3. The summed E-state index contributed by atoms with van der Waals surface area (Å²) in [5.74, 6) is 1.05. The summed E-state index contributed by atoms with van der Waals surface area (Å²) in [6.07, 6.45) is 3.67. The summed E-state index contributed by atoms with van der Waals surface area (Å²) in [6, 6.07) is 10.4. The van der Waals surface area contributed by atoms with E-state index in [-0.39, 0.29) is 17.9 Å². The van der Waals surface area contributed by atoms with Crippen LogP contribution in [0.15, 0.2) is 35.3 Å². The van der Waals surface area contributed by atoms with Crippen molar-refractivity contribution in [3.63, 3.8) is 0 Å². The van der Waals surface area contributed by atoms with Crippen molar-refractivity contribution >= 4 is 17.8 Å². The third-order valence-electron chi connectivity index (χ3n) is 4.74. The molecule has 2 aromatic rings. The molecule has 2 N–H and O–H groups in total. The van der Waals surface area contributed by atoms with Crippen molar-refractivity contribution in [1.29, 1.82) is 0 Å². The van der Waals surface area contributed by atoms with E-state index in [0.717, 1.165) is 37.1 Å². The van der Waals surface area contributed by atoms with Gasteiger partial charge >= 0.3 is 0 Å². The molecule has 0 saturated heterocycles. The SMILES string of the molecule is Cc1cc(C)nc(NC(=NC2Cc3ccccc3C2)NC(=O)C2CC2)n1. The van der Waals surface area contributed by atoms with E-state index < -0.39 is 0 Å². The topological polar surface area (TPSA) is 79.3 Å². The molecule has 1 fully saturated rings. The van der Waals surface area contributed by atoms with Gasteiger partial charge in [-0.1, -0.05) is 24.3 Å². The Morgan fingerprint density at radius 1 is 1.08 bits per heavy atom. The van der Waals surface area contributed by atoms with E-state index in [0.29, 0.717) is 11.9 Å². The summed E-state index contributed by atoms with van der Waals surface area (Å²) in [6.45, 7) is 3.85. The van der Waals surface area contributed by atoms with Gasteiger partial charge in [-0.25, -0.2) is 15.0 Å². The number of nitrogens with zero attached hydrogens (tertiary/aromatic N) is 3. The fraction of sp³-hybridized carbons (Fsp3) is 0.400. The van der Waals surface area contributed by atoms with Crippen LogP contribution >= 0.6 is 0 Å². The number of nitrogens with one attached hydrogen (secondary N) is 2. The molecule has 1 aromatic heterocycles. The van der Waals surface area contributed by atoms with Gasteiger partial charge in [0, 0.05) is 17.3 Å². The minimum Gasteiger partial charge on any atom is -0.296 e. The van der Waals surface area contributed by atoms with Gasteiger partial charge < -0.3 is 0 Å². The van der Waals surface area contributed by atoms with Gasteiger partial charge in [-0.05, 0) is 56.7 Å². The van der Waals surface area contributed by atoms with E-state index in [2.05, 4.69) is 44.9 Å². The Morgan fingerprint density at radius 2 is 1.69 bits per heavy atom. The Morgan fingerprint density at radius 3 is 2.27 bits per heavy atom. The molecule has 0 atom stereocenters. The number of anilines is 1. The maximum atomic E-state index is 12.3. The van der Waals surface area contributed by atoms with Crippen LogP contribution < -0.4 is 10.6 Å². The molecule has 1 saturated carbocycles.